The van der Waals surface area contributed by atoms with E-state index in [1.54, 1.807) is 4.90 Å². The summed E-state index contributed by atoms with van der Waals surface area (Å²) in [6.07, 6.45) is -1.89. The zero-order valence-electron chi connectivity index (χ0n) is 13.7. The molecule has 0 aliphatic carbocycles. The van der Waals surface area contributed by atoms with Gasteiger partial charge >= 0.3 is 0 Å². The van der Waals surface area contributed by atoms with E-state index in [1.807, 2.05) is 18.2 Å². The summed E-state index contributed by atoms with van der Waals surface area (Å²) in [5, 5.41) is 0. The minimum Gasteiger partial charge on any atom is -0.369 e. The Morgan fingerprint density at radius 2 is 2.00 bits per heavy atom. The number of halogens is 2. The van der Waals surface area contributed by atoms with E-state index >= 15 is 0 Å². The van der Waals surface area contributed by atoms with E-state index in [9.17, 15) is 13.6 Å². The lowest BCUT2D eigenvalue weighted by Crippen LogP contribution is -2.52. The molecule has 1 aromatic rings. The van der Waals surface area contributed by atoms with Crippen molar-refractivity contribution >= 4 is 5.91 Å². The third-order valence-corrected chi connectivity index (χ3v) is 4.79. The van der Waals surface area contributed by atoms with Crippen molar-refractivity contribution in [3.63, 3.8) is 0 Å². The number of amides is 1. The van der Waals surface area contributed by atoms with Crippen LogP contribution in [0, 0.1) is 5.92 Å². The van der Waals surface area contributed by atoms with Crippen LogP contribution in [-0.4, -0.2) is 61.0 Å². The Kier molecular flexibility index (Phi) is 5.79. The quantitative estimate of drug-likeness (QED) is 0.845. The van der Waals surface area contributed by atoms with Crippen molar-refractivity contribution in [2.24, 2.45) is 5.92 Å². The number of rotatable bonds is 4. The lowest BCUT2D eigenvalue weighted by atomic mass is 9.95. The number of alkyl halides is 2. The van der Waals surface area contributed by atoms with Gasteiger partial charge in [-0.3, -0.25) is 9.69 Å². The van der Waals surface area contributed by atoms with Crippen molar-refractivity contribution in [1.29, 1.82) is 0 Å². The van der Waals surface area contributed by atoms with Crippen LogP contribution in [0.25, 0.3) is 0 Å². The highest BCUT2D eigenvalue weighted by Crippen LogP contribution is 2.22. The maximum atomic E-state index is 12.8. The predicted octanol–water partition coefficient (Wildman–Crippen LogP) is 2.39. The van der Waals surface area contributed by atoms with E-state index in [2.05, 4.69) is 17.0 Å². The summed E-state index contributed by atoms with van der Waals surface area (Å²) in [4.78, 5) is 16.6. The van der Waals surface area contributed by atoms with Gasteiger partial charge in [0.2, 0.25) is 5.91 Å². The monoisotopic (exact) mass is 338 g/mol. The predicted molar refractivity (Wildman–Crippen MR) is 86.8 cm³/mol. The molecule has 0 aromatic heterocycles. The van der Waals surface area contributed by atoms with Crippen LogP contribution in [0.5, 0.6) is 0 Å². The lowest BCUT2D eigenvalue weighted by molar-refractivity contribution is -0.152. The summed E-state index contributed by atoms with van der Waals surface area (Å²) < 4.78 is 30.7. The van der Waals surface area contributed by atoms with Gasteiger partial charge in [-0.2, -0.15) is 0 Å². The molecule has 2 atom stereocenters. The second kappa shape index (κ2) is 8.03. The van der Waals surface area contributed by atoms with Gasteiger partial charge in [-0.1, -0.05) is 30.3 Å². The smallest absolute Gasteiger partial charge is 0.266 e. The number of hydrogen-bond donors (Lipinski definition) is 0. The van der Waals surface area contributed by atoms with Gasteiger partial charge in [0, 0.05) is 19.6 Å². The van der Waals surface area contributed by atoms with Crippen LogP contribution >= 0.6 is 0 Å². The Hall–Kier alpha value is -1.53. The molecular formula is C18H24F2N2O2. The third-order valence-electron chi connectivity index (χ3n) is 4.79. The van der Waals surface area contributed by atoms with Crippen LogP contribution in [0.15, 0.2) is 30.3 Å². The van der Waals surface area contributed by atoms with Gasteiger partial charge in [0.1, 0.15) is 6.10 Å². The molecule has 2 fully saturated rings. The maximum absolute atomic E-state index is 12.8. The molecule has 0 radical (unpaired) electrons. The van der Waals surface area contributed by atoms with Crippen LogP contribution < -0.4 is 0 Å². The van der Waals surface area contributed by atoms with Gasteiger partial charge < -0.3 is 9.64 Å². The second-order valence-electron chi connectivity index (χ2n) is 6.59. The lowest BCUT2D eigenvalue weighted by Gasteiger charge is -2.38. The largest absolute Gasteiger partial charge is 0.369 e. The van der Waals surface area contributed by atoms with E-state index in [4.69, 9.17) is 4.74 Å². The fourth-order valence-electron chi connectivity index (χ4n) is 3.53. The van der Waals surface area contributed by atoms with Crippen molar-refractivity contribution < 1.29 is 18.3 Å². The molecule has 0 bridgehead atoms. The minimum atomic E-state index is -2.54. The molecule has 6 heteroatoms. The fourth-order valence-corrected chi connectivity index (χ4v) is 3.53. The first-order chi connectivity index (χ1) is 11.6. The SMILES string of the molecule is O=C([C@H]1CCCN(Cc2ccccc2)C1)N1CCO[C@@H](C(F)F)C1. The molecule has 2 saturated heterocycles. The highest BCUT2D eigenvalue weighted by atomic mass is 19.3. The number of piperidine rings is 1. The molecule has 132 valence electrons. The first-order valence-electron chi connectivity index (χ1n) is 8.58. The van der Waals surface area contributed by atoms with Crippen molar-refractivity contribution in [2.75, 3.05) is 32.8 Å². The van der Waals surface area contributed by atoms with E-state index in [1.165, 1.54) is 5.56 Å². The van der Waals surface area contributed by atoms with Crippen LogP contribution in [0.2, 0.25) is 0 Å². The second-order valence-corrected chi connectivity index (χ2v) is 6.59. The van der Waals surface area contributed by atoms with E-state index in [0.29, 0.717) is 13.1 Å². The summed E-state index contributed by atoms with van der Waals surface area (Å²) in [5.41, 5.74) is 1.23. The first-order valence-corrected chi connectivity index (χ1v) is 8.58. The topological polar surface area (TPSA) is 32.8 Å². The Morgan fingerprint density at radius 1 is 1.21 bits per heavy atom. The Labute approximate surface area is 141 Å². The Bertz CT molecular complexity index is 541. The molecule has 24 heavy (non-hydrogen) atoms. The molecule has 3 rings (SSSR count). The molecule has 2 aliphatic rings. The first kappa shape index (κ1) is 17.3. The third kappa shape index (κ3) is 4.30. The molecule has 1 aromatic carbocycles. The number of likely N-dealkylation sites (tertiary alicyclic amines) is 1. The molecular weight excluding hydrogens is 314 g/mol. The van der Waals surface area contributed by atoms with Crippen LogP contribution in [-0.2, 0) is 16.1 Å². The van der Waals surface area contributed by atoms with Crippen molar-refractivity contribution in [3.05, 3.63) is 35.9 Å². The minimum absolute atomic E-state index is 0.00158. The van der Waals surface area contributed by atoms with Crippen LogP contribution in [0.1, 0.15) is 18.4 Å². The summed E-state index contributed by atoms with van der Waals surface area (Å²) in [7, 11) is 0. The highest BCUT2D eigenvalue weighted by Gasteiger charge is 2.34. The zero-order valence-corrected chi connectivity index (χ0v) is 13.7. The zero-order chi connectivity index (χ0) is 16.9. The van der Waals surface area contributed by atoms with Crippen LogP contribution in [0.3, 0.4) is 0 Å². The van der Waals surface area contributed by atoms with Gasteiger partial charge in [0.05, 0.1) is 19.1 Å². The average Bonchev–Trinajstić information content (AvgIpc) is 2.62. The number of carbonyl (C=O) groups is 1. The Morgan fingerprint density at radius 3 is 2.75 bits per heavy atom. The number of morpholine rings is 1. The fraction of sp³-hybridized carbons (Fsp3) is 0.611. The van der Waals surface area contributed by atoms with Crippen molar-refractivity contribution in [2.45, 2.75) is 31.9 Å². The van der Waals surface area contributed by atoms with E-state index < -0.39 is 12.5 Å². The molecule has 0 unspecified atom stereocenters. The number of ether oxygens (including phenoxy) is 1. The molecule has 1 amide bonds. The molecule has 4 nitrogen and oxygen atoms in total. The molecule has 0 spiro atoms. The van der Waals surface area contributed by atoms with Crippen molar-refractivity contribution in [3.8, 4) is 0 Å². The van der Waals surface area contributed by atoms with E-state index in [0.717, 1.165) is 25.9 Å². The van der Waals surface area contributed by atoms with Gasteiger partial charge in [0.25, 0.3) is 6.43 Å². The number of benzene rings is 1. The number of nitrogens with zero attached hydrogens (tertiary/aromatic N) is 2. The molecule has 0 saturated carbocycles. The summed E-state index contributed by atoms with van der Waals surface area (Å²) in [5.74, 6) is -0.0967. The number of hydrogen-bond acceptors (Lipinski definition) is 3. The average molecular weight is 338 g/mol. The Balaban J connectivity index is 1.56. The van der Waals surface area contributed by atoms with Gasteiger partial charge in [-0.25, -0.2) is 8.78 Å². The summed E-state index contributed by atoms with van der Waals surface area (Å²) in [6, 6.07) is 10.2. The molecule has 2 aliphatic heterocycles. The summed E-state index contributed by atoms with van der Waals surface area (Å²) >= 11 is 0. The van der Waals surface area contributed by atoms with Gasteiger partial charge in [-0.05, 0) is 24.9 Å². The van der Waals surface area contributed by atoms with E-state index in [-0.39, 0.29) is 25.0 Å². The normalized spacial score (nSPS) is 25.9. The van der Waals surface area contributed by atoms with Gasteiger partial charge in [0.15, 0.2) is 0 Å². The standard InChI is InChI=1S/C18H24F2N2O2/c19-17(20)16-13-22(9-10-24-16)18(23)15-7-4-8-21(12-15)11-14-5-2-1-3-6-14/h1-3,5-6,15-17H,4,7-13H2/t15-,16+/m0/s1. The molecule has 0 N–H and O–H groups in total. The van der Waals surface area contributed by atoms with Gasteiger partial charge in [-0.15, -0.1) is 0 Å². The van der Waals surface area contributed by atoms with Crippen LogP contribution in [0.4, 0.5) is 8.78 Å². The highest BCUT2D eigenvalue weighted by molar-refractivity contribution is 5.79. The van der Waals surface area contributed by atoms with Crippen molar-refractivity contribution in [1.82, 2.24) is 9.80 Å². The summed E-state index contributed by atoms with van der Waals surface area (Å²) in [6.45, 7) is 3.11. The maximum Gasteiger partial charge on any atom is 0.266 e. The molecule has 2 heterocycles. The number of carbonyl (C=O) groups excluding carboxylic acids is 1.